The van der Waals surface area contributed by atoms with Crippen LogP contribution >= 0.6 is 0 Å². The number of hydrogen-bond donors (Lipinski definition) is 1. The molecular formula is C18H25N3O6. The standard InChI is InChI=1S/C18H25N3O6/c1-3-4-10-25-16-14(20-21-19)18(24-2)27-13(15(16)22)11-26-17(23)12-8-6-5-7-9-12/h5-9,13-16,18,22H,3-4,10-11H2,1-2H3/t13?,14?,15-,16-,18+/m1/s1. The van der Waals surface area contributed by atoms with E-state index in [-0.39, 0.29) is 6.61 Å². The molecule has 5 atom stereocenters. The summed E-state index contributed by atoms with van der Waals surface area (Å²) in [4.78, 5) is 14.9. The molecule has 0 amide bonds. The lowest BCUT2D eigenvalue weighted by Gasteiger charge is -2.42. The van der Waals surface area contributed by atoms with Crippen molar-refractivity contribution >= 4 is 5.97 Å². The number of aliphatic hydroxyl groups excluding tert-OH is 1. The van der Waals surface area contributed by atoms with Crippen LogP contribution in [0.4, 0.5) is 0 Å². The zero-order chi connectivity index (χ0) is 19.6. The predicted octanol–water partition coefficient (Wildman–Crippen LogP) is 2.44. The van der Waals surface area contributed by atoms with Gasteiger partial charge in [0.25, 0.3) is 0 Å². The topological polar surface area (TPSA) is 123 Å². The van der Waals surface area contributed by atoms with Gasteiger partial charge in [-0.05, 0) is 24.1 Å². The number of benzene rings is 1. The van der Waals surface area contributed by atoms with Crippen molar-refractivity contribution in [3.8, 4) is 0 Å². The summed E-state index contributed by atoms with van der Waals surface area (Å²) in [5.41, 5.74) is 9.21. The van der Waals surface area contributed by atoms with Crippen LogP contribution in [0, 0.1) is 0 Å². The average Bonchev–Trinajstić information content (AvgIpc) is 2.70. The summed E-state index contributed by atoms with van der Waals surface area (Å²) >= 11 is 0. The van der Waals surface area contributed by atoms with E-state index in [1.165, 1.54) is 7.11 Å². The molecule has 1 saturated heterocycles. The fraction of sp³-hybridized carbons (Fsp3) is 0.611. The molecule has 9 nitrogen and oxygen atoms in total. The first-order chi connectivity index (χ1) is 13.1. The number of nitrogens with zero attached hydrogens (tertiary/aromatic N) is 3. The van der Waals surface area contributed by atoms with Crippen LogP contribution in [0.25, 0.3) is 10.4 Å². The van der Waals surface area contributed by atoms with Crippen molar-refractivity contribution in [3.05, 3.63) is 46.3 Å². The first-order valence-electron chi connectivity index (χ1n) is 8.86. The minimum atomic E-state index is -1.15. The number of ether oxygens (including phenoxy) is 4. The van der Waals surface area contributed by atoms with Crippen molar-refractivity contribution in [2.45, 2.75) is 50.4 Å². The summed E-state index contributed by atoms with van der Waals surface area (Å²) in [7, 11) is 1.40. The number of aliphatic hydroxyl groups is 1. The van der Waals surface area contributed by atoms with E-state index in [0.29, 0.717) is 12.2 Å². The Hall–Kier alpha value is -2.16. The van der Waals surface area contributed by atoms with Crippen LogP contribution < -0.4 is 0 Å². The second kappa shape index (κ2) is 10.9. The highest BCUT2D eigenvalue weighted by molar-refractivity contribution is 5.89. The zero-order valence-electron chi connectivity index (χ0n) is 15.4. The van der Waals surface area contributed by atoms with Crippen LogP contribution in [0.2, 0.25) is 0 Å². The van der Waals surface area contributed by atoms with E-state index in [2.05, 4.69) is 10.0 Å². The minimum absolute atomic E-state index is 0.189. The van der Waals surface area contributed by atoms with Gasteiger partial charge in [-0.15, -0.1) is 0 Å². The fourth-order valence-electron chi connectivity index (χ4n) is 2.79. The van der Waals surface area contributed by atoms with Crippen molar-refractivity contribution in [1.82, 2.24) is 0 Å². The molecule has 1 heterocycles. The van der Waals surface area contributed by atoms with Crippen molar-refractivity contribution < 1.29 is 28.8 Å². The number of unbranched alkanes of at least 4 members (excludes halogenated alkanes) is 1. The van der Waals surface area contributed by atoms with E-state index in [1.807, 2.05) is 6.92 Å². The molecule has 0 saturated carbocycles. The zero-order valence-corrected chi connectivity index (χ0v) is 15.4. The van der Waals surface area contributed by atoms with Gasteiger partial charge in [0.2, 0.25) is 0 Å². The van der Waals surface area contributed by atoms with E-state index < -0.39 is 36.6 Å². The molecule has 0 bridgehead atoms. The molecule has 1 aliphatic rings. The Bertz CT molecular complexity index is 637. The highest BCUT2D eigenvalue weighted by atomic mass is 16.7. The third-order valence-corrected chi connectivity index (χ3v) is 4.26. The van der Waals surface area contributed by atoms with Crippen molar-refractivity contribution in [2.24, 2.45) is 5.11 Å². The summed E-state index contributed by atoms with van der Waals surface area (Å²) < 4.78 is 21.9. The van der Waals surface area contributed by atoms with Crippen LogP contribution in [-0.4, -0.2) is 62.0 Å². The van der Waals surface area contributed by atoms with Gasteiger partial charge in [-0.3, -0.25) is 0 Å². The lowest BCUT2D eigenvalue weighted by Crippen LogP contribution is -2.59. The molecule has 148 valence electrons. The van der Waals surface area contributed by atoms with Crippen molar-refractivity contribution in [1.29, 1.82) is 0 Å². The maximum atomic E-state index is 12.1. The summed E-state index contributed by atoms with van der Waals surface area (Å²) in [5.74, 6) is -0.527. The van der Waals surface area contributed by atoms with E-state index in [4.69, 9.17) is 24.5 Å². The first kappa shape index (κ1) is 21.1. The molecule has 2 unspecified atom stereocenters. The van der Waals surface area contributed by atoms with Gasteiger partial charge >= 0.3 is 5.97 Å². The molecule has 27 heavy (non-hydrogen) atoms. The highest BCUT2D eigenvalue weighted by Crippen LogP contribution is 2.27. The molecule has 0 aromatic heterocycles. The number of esters is 1. The lowest BCUT2D eigenvalue weighted by atomic mass is 9.97. The molecule has 1 aromatic rings. The Morgan fingerprint density at radius 3 is 2.74 bits per heavy atom. The SMILES string of the molecule is CCCCO[C@@H]1C(N=[N+]=[N-])[C@@H](OC)OC(COC(=O)c2ccccc2)[C@H]1O. The Kier molecular flexibility index (Phi) is 8.50. The van der Waals surface area contributed by atoms with E-state index in [0.717, 1.165) is 12.8 Å². The van der Waals surface area contributed by atoms with Gasteiger partial charge in [-0.1, -0.05) is 36.7 Å². The van der Waals surface area contributed by atoms with Crippen molar-refractivity contribution in [3.63, 3.8) is 0 Å². The summed E-state index contributed by atoms with van der Waals surface area (Å²) in [6, 6.07) is 7.66. The number of hydrogen-bond acceptors (Lipinski definition) is 7. The molecule has 1 N–H and O–H groups in total. The second-order valence-electron chi connectivity index (χ2n) is 6.12. The fourth-order valence-corrected chi connectivity index (χ4v) is 2.79. The van der Waals surface area contributed by atoms with Gasteiger partial charge in [-0.25, -0.2) is 4.79 Å². The summed E-state index contributed by atoms with van der Waals surface area (Å²) in [5, 5.41) is 14.3. The minimum Gasteiger partial charge on any atom is -0.459 e. The lowest BCUT2D eigenvalue weighted by molar-refractivity contribution is -0.265. The number of carbonyl (C=O) groups excluding carboxylic acids is 1. The number of azide groups is 1. The molecule has 0 radical (unpaired) electrons. The Morgan fingerprint density at radius 1 is 1.37 bits per heavy atom. The van der Waals surface area contributed by atoms with Crippen LogP contribution in [0.1, 0.15) is 30.1 Å². The average molecular weight is 379 g/mol. The van der Waals surface area contributed by atoms with Gasteiger partial charge < -0.3 is 24.1 Å². The Labute approximate surface area is 157 Å². The van der Waals surface area contributed by atoms with Gasteiger partial charge in [0.1, 0.15) is 24.9 Å². The number of methoxy groups -OCH3 is 1. The number of carbonyl (C=O) groups is 1. The smallest absolute Gasteiger partial charge is 0.338 e. The second-order valence-corrected chi connectivity index (χ2v) is 6.12. The van der Waals surface area contributed by atoms with E-state index in [9.17, 15) is 9.90 Å². The molecule has 2 rings (SSSR count). The maximum Gasteiger partial charge on any atom is 0.338 e. The summed E-state index contributed by atoms with van der Waals surface area (Å²) in [6.07, 6.45) is -2.06. The molecule has 9 heteroatoms. The van der Waals surface area contributed by atoms with Crippen LogP contribution in [0.15, 0.2) is 35.4 Å². The van der Waals surface area contributed by atoms with Crippen molar-refractivity contribution in [2.75, 3.05) is 20.3 Å². The van der Waals surface area contributed by atoms with Crippen LogP contribution in [-0.2, 0) is 18.9 Å². The molecule has 1 aromatic carbocycles. The third-order valence-electron chi connectivity index (χ3n) is 4.26. The molecule has 0 aliphatic carbocycles. The normalized spacial score (nSPS) is 27.6. The van der Waals surface area contributed by atoms with Gasteiger partial charge in [0.15, 0.2) is 6.29 Å². The quantitative estimate of drug-likeness (QED) is 0.231. The third kappa shape index (κ3) is 5.66. The predicted molar refractivity (Wildman–Crippen MR) is 96.0 cm³/mol. The molecule has 1 fully saturated rings. The van der Waals surface area contributed by atoms with Crippen LogP contribution in [0.5, 0.6) is 0 Å². The molecule has 0 spiro atoms. The molecule has 1 aliphatic heterocycles. The summed E-state index contributed by atoms with van der Waals surface area (Å²) in [6.45, 7) is 2.21. The Morgan fingerprint density at radius 2 is 2.11 bits per heavy atom. The van der Waals surface area contributed by atoms with E-state index >= 15 is 0 Å². The van der Waals surface area contributed by atoms with E-state index in [1.54, 1.807) is 30.3 Å². The largest absolute Gasteiger partial charge is 0.459 e. The van der Waals surface area contributed by atoms with Gasteiger partial charge in [0.05, 0.1) is 11.7 Å². The maximum absolute atomic E-state index is 12.1. The number of rotatable bonds is 9. The first-order valence-corrected chi connectivity index (χ1v) is 8.86. The molecular weight excluding hydrogens is 354 g/mol. The monoisotopic (exact) mass is 379 g/mol. The highest BCUT2D eigenvalue weighted by Gasteiger charge is 2.46. The van der Waals surface area contributed by atoms with Gasteiger partial charge in [-0.2, -0.15) is 0 Å². The van der Waals surface area contributed by atoms with Crippen LogP contribution in [0.3, 0.4) is 0 Å². The Balaban J connectivity index is 2.06. The van der Waals surface area contributed by atoms with Gasteiger partial charge in [0, 0.05) is 18.6 Å².